The van der Waals surface area contributed by atoms with E-state index in [0.29, 0.717) is 12.8 Å². The molecule has 0 saturated carbocycles. The molecule has 1 aromatic rings. The van der Waals surface area contributed by atoms with Crippen LogP contribution < -0.4 is 5.32 Å². The summed E-state index contributed by atoms with van der Waals surface area (Å²) < 4.78 is 42.0. The Morgan fingerprint density at radius 3 is 2.21 bits per heavy atom. The van der Waals surface area contributed by atoms with Gasteiger partial charge in [-0.15, -0.1) is 0 Å². The summed E-state index contributed by atoms with van der Waals surface area (Å²) in [5.41, 5.74) is -0.0159. The minimum Gasteiger partial charge on any atom is -0.444 e. The van der Waals surface area contributed by atoms with Gasteiger partial charge in [-0.2, -0.15) is 13.2 Å². The van der Waals surface area contributed by atoms with Crippen molar-refractivity contribution in [1.29, 1.82) is 0 Å². The van der Waals surface area contributed by atoms with E-state index < -0.39 is 28.7 Å². The number of hydrogen-bond acceptors (Lipinski definition) is 5. The van der Waals surface area contributed by atoms with Crippen LogP contribution in [0.1, 0.15) is 32.8 Å². The zero-order chi connectivity index (χ0) is 22.2. The molecule has 0 atom stereocenters. The molecule has 29 heavy (non-hydrogen) atoms. The number of ether oxygens (including phenoxy) is 1. The maximum atomic E-state index is 12.3. The molecule has 162 valence electrons. The average molecular weight is 419 g/mol. The summed E-state index contributed by atoms with van der Waals surface area (Å²) in [6.45, 7) is 4.61. The third-order valence-corrected chi connectivity index (χ3v) is 3.62. The van der Waals surface area contributed by atoms with Gasteiger partial charge in [0.2, 0.25) is 0 Å². The first-order chi connectivity index (χ1) is 13.3. The van der Waals surface area contributed by atoms with Crippen LogP contribution in [0, 0.1) is 10.1 Å². The zero-order valence-electron chi connectivity index (χ0n) is 16.4. The molecule has 0 aromatic heterocycles. The number of carbonyl (C=O) groups is 2. The minimum atomic E-state index is -4.99. The van der Waals surface area contributed by atoms with Crippen molar-refractivity contribution >= 4 is 17.7 Å². The molecule has 0 saturated heterocycles. The third kappa shape index (κ3) is 9.26. The quantitative estimate of drug-likeness (QED) is 0.514. The molecular formula is C18H24F3N3O5. The molecule has 0 radical (unpaired) electrons. The number of halogens is 3. The van der Waals surface area contributed by atoms with Gasteiger partial charge in [-0.05, 0) is 39.2 Å². The number of rotatable bonds is 8. The Balaban J connectivity index is 2.64. The molecule has 8 nitrogen and oxygen atoms in total. The average Bonchev–Trinajstić information content (AvgIpc) is 2.58. The van der Waals surface area contributed by atoms with Crippen LogP contribution in [0.25, 0.3) is 0 Å². The number of aryl methyl sites for hydroxylation is 1. The zero-order valence-corrected chi connectivity index (χ0v) is 16.4. The van der Waals surface area contributed by atoms with E-state index in [1.807, 2.05) is 0 Å². The Morgan fingerprint density at radius 2 is 1.72 bits per heavy atom. The van der Waals surface area contributed by atoms with Gasteiger partial charge in [-0.3, -0.25) is 14.9 Å². The third-order valence-electron chi connectivity index (χ3n) is 3.62. The lowest BCUT2D eigenvalue weighted by molar-refractivity contribution is -0.384. The number of nitrogens with one attached hydrogen (secondary N) is 1. The number of alkyl halides is 3. The summed E-state index contributed by atoms with van der Waals surface area (Å²) in [5.74, 6) is -2.08. The van der Waals surface area contributed by atoms with Crippen molar-refractivity contribution in [3.8, 4) is 0 Å². The molecule has 0 spiro atoms. The standard InChI is InChI=1S/C18H24F3N3O5/c1-17(2,3)29-16(26)23(12-10-22-15(25)18(19,20)21)11-4-5-13-6-8-14(9-7-13)24(27)28/h6-9H,4-5,10-12H2,1-3H3,(H,22,25). The predicted molar refractivity (Wildman–Crippen MR) is 98.3 cm³/mol. The van der Waals surface area contributed by atoms with Gasteiger partial charge in [-0.25, -0.2) is 4.79 Å². The highest BCUT2D eigenvalue weighted by Gasteiger charge is 2.38. The number of nitro groups is 1. The van der Waals surface area contributed by atoms with Crippen LogP contribution in [-0.2, 0) is 16.0 Å². The summed E-state index contributed by atoms with van der Waals surface area (Å²) in [7, 11) is 0. The van der Waals surface area contributed by atoms with Crippen molar-refractivity contribution < 1.29 is 32.4 Å². The lowest BCUT2D eigenvalue weighted by Crippen LogP contribution is -2.44. The van der Waals surface area contributed by atoms with Gasteiger partial charge in [0.05, 0.1) is 4.92 Å². The first-order valence-corrected chi connectivity index (χ1v) is 8.86. The molecule has 1 rings (SSSR count). The van der Waals surface area contributed by atoms with Gasteiger partial charge in [0.1, 0.15) is 5.60 Å². The second-order valence-electron chi connectivity index (χ2n) is 7.25. The van der Waals surface area contributed by atoms with Crippen molar-refractivity contribution in [2.24, 2.45) is 0 Å². The fourth-order valence-electron chi connectivity index (χ4n) is 2.28. The summed E-state index contributed by atoms with van der Waals surface area (Å²) in [5, 5.41) is 12.4. The summed E-state index contributed by atoms with van der Waals surface area (Å²) in [6, 6.07) is 5.93. The predicted octanol–water partition coefficient (Wildman–Crippen LogP) is 3.44. The van der Waals surface area contributed by atoms with E-state index in [0.717, 1.165) is 5.56 Å². The minimum absolute atomic E-state index is 0.0375. The second-order valence-corrected chi connectivity index (χ2v) is 7.25. The molecule has 11 heteroatoms. The van der Waals surface area contributed by atoms with Gasteiger partial charge < -0.3 is 15.0 Å². The molecular weight excluding hydrogens is 395 g/mol. The van der Waals surface area contributed by atoms with Gasteiger partial charge in [0, 0.05) is 31.8 Å². The van der Waals surface area contributed by atoms with E-state index >= 15 is 0 Å². The van der Waals surface area contributed by atoms with Gasteiger partial charge in [-0.1, -0.05) is 12.1 Å². The Morgan fingerprint density at radius 1 is 1.14 bits per heavy atom. The highest BCUT2D eigenvalue weighted by Crippen LogP contribution is 2.15. The van der Waals surface area contributed by atoms with Gasteiger partial charge in [0.25, 0.3) is 5.69 Å². The molecule has 0 aliphatic rings. The van der Waals surface area contributed by atoms with E-state index in [9.17, 15) is 32.9 Å². The fourth-order valence-corrected chi connectivity index (χ4v) is 2.28. The molecule has 0 fully saturated rings. The van der Waals surface area contributed by atoms with Crippen LogP contribution in [0.5, 0.6) is 0 Å². The van der Waals surface area contributed by atoms with Crippen molar-refractivity contribution in [1.82, 2.24) is 10.2 Å². The molecule has 0 heterocycles. The van der Waals surface area contributed by atoms with Crippen LogP contribution in [0.2, 0.25) is 0 Å². The summed E-state index contributed by atoms with van der Waals surface area (Å²) in [6.07, 6.45) is -4.76. The van der Waals surface area contributed by atoms with Crippen LogP contribution in [-0.4, -0.2) is 53.2 Å². The fraction of sp³-hybridized carbons (Fsp3) is 0.556. The Bertz CT molecular complexity index is 715. The van der Waals surface area contributed by atoms with E-state index in [4.69, 9.17) is 4.74 Å². The molecule has 1 N–H and O–H groups in total. The highest BCUT2D eigenvalue weighted by molar-refractivity contribution is 5.81. The normalized spacial score (nSPS) is 11.7. The maximum Gasteiger partial charge on any atom is 0.471 e. The number of carbonyl (C=O) groups excluding carboxylic acids is 2. The van der Waals surface area contributed by atoms with E-state index in [2.05, 4.69) is 0 Å². The van der Waals surface area contributed by atoms with E-state index in [1.165, 1.54) is 17.0 Å². The first-order valence-electron chi connectivity index (χ1n) is 8.86. The SMILES string of the molecule is CC(C)(C)OC(=O)N(CCCc1ccc([N+](=O)[O-])cc1)CCNC(=O)C(F)(F)F. The van der Waals surface area contributed by atoms with Gasteiger partial charge >= 0.3 is 18.2 Å². The van der Waals surface area contributed by atoms with E-state index in [1.54, 1.807) is 38.2 Å². The molecule has 0 aliphatic heterocycles. The Labute approximate surface area is 166 Å². The van der Waals surface area contributed by atoms with Crippen molar-refractivity contribution in [3.05, 3.63) is 39.9 Å². The number of amides is 2. The lowest BCUT2D eigenvalue weighted by Gasteiger charge is -2.27. The molecule has 1 aromatic carbocycles. The lowest BCUT2D eigenvalue weighted by atomic mass is 10.1. The Kier molecular flexibility index (Phi) is 8.41. The van der Waals surface area contributed by atoms with Crippen LogP contribution in [0.4, 0.5) is 23.7 Å². The van der Waals surface area contributed by atoms with Crippen molar-refractivity contribution in [2.75, 3.05) is 19.6 Å². The molecule has 0 bridgehead atoms. The van der Waals surface area contributed by atoms with Crippen LogP contribution >= 0.6 is 0 Å². The Hall–Kier alpha value is -2.85. The van der Waals surface area contributed by atoms with Crippen molar-refractivity contribution in [3.63, 3.8) is 0 Å². The first kappa shape index (κ1) is 24.2. The monoisotopic (exact) mass is 419 g/mol. The molecule has 0 unspecified atom stereocenters. The largest absolute Gasteiger partial charge is 0.471 e. The molecule has 0 aliphatic carbocycles. The number of benzene rings is 1. The number of nitrogens with zero attached hydrogens (tertiary/aromatic N) is 2. The topological polar surface area (TPSA) is 102 Å². The highest BCUT2D eigenvalue weighted by atomic mass is 19.4. The summed E-state index contributed by atoms with van der Waals surface area (Å²) >= 11 is 0. The number of hydrogen-bond donors (Lipinski definition) is 1. The maximum absolute atomic E-state index is 12.3. The van der Waals surface area contributed by atoms with Crippen LogP contribution in [0.3, 0.4) is 0 Å². The van der Waals surface area contributed by atoms with E-state index in [-0.39, 0.29) is 25.3 Å². The summed E-state index contributed by atoms with van der Waals surface area (Å²) in [4.78, 5) is 34.6. The molecule has 2 amide bonds. The smallest absolute Gasteiger partial charge is 0.444 e. The second kappa shape index (κ2) is 10.1. The van der Waals surface area contributed by atoms with Crippen LogP contribution in [0.15, 0.2) is 24.3 Å². The number of non-ortho nitro benzene ring substituents is 1. The number of nitro benzene ring substituents is 1. The van der Waals surface area contributed by atoms with Gasteiger partial charge in [0.15, 0.2) is 0 Å². The van der Waals surface area contributed by atoms with Crippen molar-refractivity contribution in [2.45, 2.75) is 45.4 Å².